The number of benzene rings is 1. The summed E-state index contributed by atoms with van der Waals surface area (Å²) in [6, 6.07) is 7.60. The van der Waals surface area contributed by atoms with Gasteiger partial charge in [-0.2, -0.15) is 0 Å². The number of fused-ring (bicyclic) bond motifs is 1. The van der Waals surface area contributed by atoms with E-state index in [2.05, 4.69) is 0 Å². The van der Waals surface area contributed by atoms with Crippen molar-refractivity contribution < 1.29 is 9.63 Å². The fourth-order valence-electron chi connectivity index (χ4n) is 1.99. The van der Waals surface area contributed by atoms with Crippen molar-refractivity contribution in [1.82, 2.24) is 5.06 Å². The molecule has 0 spiro atoms. The Balaban J connectivity index is 2.61. The van der Waals surface area contributed by atoms with Gasteiger partial charge in [0, 0.05) is 5.56 Å². The van der Waals surface area contributed by atoms with Crippen LogP contribution in [0.2, 0.25) is 0 Å². The molecule has 0 aromatic heterocycles. The predicted molar refractivity (Wildman–Crippen MR) is 52.6 cm³/mol. The van der Waals surface area contributed by atoms with Gasteiger partial charge in [0.25, 0.3) is 5.91 Å². The van der Waals surface area contributed by atoms with Crippen LogP contribution in [-0.4, -0.2) is 18.1 Å². The average Bonchev–Trinajstić information content (AvgIpc) is 2.36. The summed E-state index contributed by atoms with van der Waals surface area (Å²) >= 11 is 0. The van der Waals surface area contributed by atoms with Gasteiger partial charge in [0.05, 0.1) is 12.6 Å². The zero-order chi connectivity index (χ0) is 10.3. The van der Waals surface area contributed by atoms with Gasteiger partial charge < -0.3 is 0 Å². The van der Waals surface area contributed by atoms with Crippen LogP contribution in [0.5, 0.6) is 0 Å². The smallest absolute Gasteiger partial charge is 0.273 e. The van der Waals surface area contributed by atoms with E-state index in [1.54, 1.807) is 0 Å². The van der Waals surface area contributed by atoms with Crippen molar-refractivity contribution in [2.45, 2.75) is 19.4 Å². The highest BCUT2D eigenvalue weighted by Gasteiger charge is 2.43. The lowest BCUT2D eigenvalue weighted by molar-refractivity contribution is -0.148. The Bertz CT molecular complexity index is 385. The quantitative estimate of drug-likeness (QED) is 0.679. The molecular weight excluding hydrogens is 178 g/mol. The van der Waals surface area contributed by atoms with Gasteiger partial charge in [-0.05, 0) is 25.5 Å². The van der Waals surface area contributed by atoms with E-state index in [1.807, 2.05) is 38.1 Å². The normalized spacial score (nSPS) is 18.5. The number of amides is 1. The molecule has 1 aliphatic rings. The van der Waals surface area contributed by atoms with Crippen molar-refractivity contribution in [3.63, 3.8) is 0 Å². The van der Waals surface area contributed by atoms with Crippen molar-refractivity contribution in [2.24, 2.45) is 0 Å². The van der Waals surface area contributed by atoms with E-state index in [0.717, 1.165) is 11.1 Å². The molecule has 1 amide bonds. The molecule has 2 rings (SSSR count). The van der Waals surface area contributed by atoms with Crippen LogP contribution in [0.3, 0.4) is 0 Å². The average molecular weight is 191 g/mol. The molecule has 1 aromatic rings. The maximum absolute atomic E-state index is 11.8. The third-order valence-corrected chi connectivity index (χ3v) is 2.69. The summed E-state index contributed by atoms with van der Waals surface area (Å²) in [5.41, 5.74) is 1.38. The first-order valence-electron chi connectivity index (χ1n) is 4.57. The van der Waals surface area contributed by atoms with Gasteiger partial charge in [-0.25, -0.2) is 5.06 Å². The fraction of sp³-hybridized carbons (Fsp3) is 0.364. The molecule has 0 unspecified atom stereocenters. The molecule has 1 aliphatic heterocycles. The topological polar surface area (TPSA) is 29.5 Å². The maximum Gasteiger partial charge on any atom is 0.278 e. The molecule has 0 atom stereocenters. The van der Waals surface area contributed by atoms with E-state index in [9.17, 15) is 4.79 Å². The minimum Gasteiger partial charge on any atom is -0.273 e. The second kappa shape index (κ2) is 2.82. The minimum atomic E-state index is -0.373. The van der Waals surface area contributed by atoms with Crippen molar-refractivity contribution in [3.8, 4) is 0 Å². The van der Waals surface area contributed by atoms with Crippen LogP contribution in [0, 0.1) is 0 Å². The zero-order valence-corrected chi connectivity index (χ0v) is 8.57. The van der Waals surface area contributed by atoms with E-state index in [1.165, 1.54) is 12.2 Å². The van der Waals surface area contributed by atoms with Crippen LogP contribution < -0.4 is 0 Å². The first kappa shape index (κ1) is 9.21. The van der Waals surface area contributed by atoms with Gasteiger partial charge in [0.1, 0.15) is 0 Å². The Kier molecular flexibility index (Phi) is 1.86. The molecular formula is C11H13NO2. The summed E-state index contributed by atoms with van der Waals surface area (Å²) in [7, 11) is 1.52. The van der Waals surface area contributed by atoms with E-state index >= 15 is 0 Å². The van der Waals surface area contributed by atoms with Crippen molar-refractivity contribution in [2.75, 3.05) is 7.11 Å². The molecule has 74 valence electrons. The molecule has 1 aromatic carbocycles. The third-order valence-electron chi connectivity index (χ3n) is 2.69. The molecule has 0 N–H and O–H groups in total. The Labute approximate surface area is 83.2 Å². The van der Waals surface area contributed by atoms with Crippen LogP contribution in [-0.2, 0) is 10.4 Å². The summed E-state index contributed by atoms with van der Waals surface area (Å²) < 4.78 is 0. The van der Waals surface area contributed by atoms with Crippen LogP contribution in [0.4, 0.5) is 0 Å². The maximum atomic E-state index is 11.8. The van der Waals surface area contributed by atoms with Crippen LogP contribution in [0.25, 0.3) is 0 Å². The van der Waals surface area contributed by atoms with E-state index in [4.69, 9.17) is 4.84 Å². The van der Waals surface area contributed by atoms with Gasteiger partial charge >= 0.3 is 0 Å². The predicted octanol–water partition coefficient (Wildman–Crippen LogP) is 1.94. The van der Waals surface area contributed by atoms with Gasteiger partial charge in [0.2, 0.25) is 0 Å². The van der Waals surface area contributed by atoms with Crippen molar-refractivity contribution in [1.29, 1.82) is 0 Å². The molecule has 3 nitrogen and oxygen atoms in total. The number of carbonyl (C=O) groups excluding carboxylic acids is 1. The van der Waals surface area contributed by atoms with Crippen molar-refractivity contribution >= 4 is 5.91 Å². The molecule has 0 fully saturated rings. The lowest BCUT2D eigenvalue weighted by Crippen LogP contribution is -2.37. The number of nitrogens with zero attached hydrogens (tertiary/aromatic N) is 1. The molecule has 1 heterocycles. The van der Waals surface area contributed by atoms with E-state index in [0.29, 0.717) is 0 Å². The van der Waals surface area contributed by atoms with E-state index < -0.39 is 0 Å². The molecule has 0 saturated heterocycles. The fourth-order valence-corrected chi connectivity index (χ4v) is 1.99. The molecule has 0 aliphatic carbocycles. The highest BCUT2D eigenvalue weighted by Crippen LogP contribution is 2.37. The van der Waals surface area contributed by atoms with Crippen molar-refractivity contribution in [3.05, 3.63) is 35.4 Å². The zero-order valence-electron chi connectivity index (χ0n) is 8.57. The SMILES string of the molecule is CON1C(=O)c2ccccc2C1(C)C. The Morgan fingerprint density at radius 3 is 2.50 bits per heavy atom. The molecule has 0 bridgehead atoms. The van der Waals surface area contributed by atoms with Gasteiger partial charge in [0.15, 0.2) is 0 Å². The molecule has 0 saturated carbocycles. The van der Waals surface area contributed by atoms with Crippen LogP contribution in [0.15, 0.2) is 24.3 Å². The largest absolute Gasteiger partial charge is 0.278 e. The highest BCUT2D eigenvalue weighted by atomic mass is 16.7. The molecule has 14 heavy (non-hydrogen) atoms. The van der Waals surface area contributed by atoms with Crippen LogP contribution in [0.1, 0.15) is 29.8 Å². The standard InChI is InChI=1S/C11H13NO2/c1-11(2)9-7-5-4-6-8(9)10(13)12(11)14-3/h4-7H,1-3H3. The number of hydroxylamine groups is 2. The Morgan fingerprint density at radius 1 is 1.29 bits per heavy atom. The number of rotatable bonds is 1. The Morgan fingerprint density at radius 2 is 1.93 bits per heavy atom. The molecule has 3 heteroatoms. The number of carbonyl (C=O) groups is 1. The second-order valence-corrected chi connectivity index (χ2v) is 3.89. The van der Waals surface area contributed by atoms with E-state index in [-0.39, 0.29) is 11.4 Å². The monoisotopic (exact) mass is 191 g/mol. The summed E-state index contributed by atoms with van der Waals surface area (Å²) in [4.78, 5) is 16.9. The summed E-state index contributed by atoms with van der Waals surface area (Å²) in [5, 5.41) is 1.41. The number of hydrogen-bond donors (Lipinski definition) is 0. The van der Waals surface area contributed by atoms with Gasteiger partial charge in [-0.1, -0.05) is 18.2 Å². The second-order valence-electron chi connectivity index (χ2n) is 3.89. The van der Waals surface area contributed by atoms with Gasteiger partial charge in [-0.15, -0.1) is 0 Å². The first-order chi connectivity index (χ1) is 6.59. The minimum absolute atomic E-state index is 0.0619. The lowest BCUT2D eigenvalue weighted by Gasteiger charge is -2.29. The lowest BCUT2D eigenvalue weighted by atomic mass is 9.95. The van der Waals surface area contributed by atoms with Gasteiger partial charge in [-0.3, -0.25) is 9.63 Å². The Hall–Kier alpha value is -1.35. The summed E-state index contributed by atoms with van der Waals surface area (Å²) in [6.45, 7) is 3.94. The number of hydrogen-bond acceptors (Lipinski definition) is 2. The summed E-state index contributed by atoms with van der Waals surface area (Å²) in [6.07, 6.45) is 0. The first-order valence-corrected chi connectivity index (χ1v) is 4.57. The summed E-state index contributed by atoms with van der Waals surface area (Å²) in [5.74, 6) is -0.0619. The molecule has 0 radical (unpaired) electrons. The highest BCUT2D eigenvalue weighted by molar-refractivity contribution is 5.99. The third kappa shape index (κ3) is 0.990. The van der Waals surface area contributed by atoms with Crippen LogP contribution >= 0.6 is 0 Å².